The number of rotatable bonds is 7. The van der Waals surface area contributed by atoms with Gasteiger partial charge in [-0.15, -0.1) is 0 Å². The van der Waals surface area contributed by atoms with Gasteiger partial charge in [0.15, 0.2) is 5.78 Å². The molecule has 0 unspecified atom stereocenters. The molecular weight excluding hydrogens is 194 g/mol. The van der Waals surface area contributed by atoms with Crippen molar-refractivity contribution in [1.29, 1.82) is 0 Å². The number of ketones is 1. The summed E-state index contributed by atoms with van der Waals surface area (Å²) < 4.78 is 5.12. The number of hydrogen-bond acceptors (Lipinski definition) is 3. The van der Waals surface area contributed by atoms with E-state index in [2.05, 4.69) is 5.32 Å². The van der Waals surface area contributed by atoms with Crippen LogP contribution in [0, 0.1) is 11.8 Å². The summed E-state index contributed by atoms with van der Waals surface area (Å²) in [4.78, 5) is 22.3. The summed E-state index contributed by atoms with van der Waals surface area (Å²) in [5.74, 6) is 0.0940. The molecule has 0 aromatic carbocycles. The van der Waals surface area contributed by atoms with Crippen molar-refractivity contribution < 1.29 is 14.3 Å². The molecule has 0 bridgehead atoms. The largest absolute Gasteiger partial charge is 0.372 e. The van der Waals surface area contributed by atoms with E-state index in [1.807, 2.05) is 27.7 Å². The van der Waals surface area contributed by atoms with E-state index in [9.17, 15) is 9.59 Å². The lowest BCUT2D eigenvalue weighted by atomic mass is 10.1. The normalized spacial score (nSPS) is 10.8. The highest BCUT2D eigenvalue weighted by molar-refractivity contribution is 5.81. The van der Waals surface area contributed by atoms with Crippen LogP contribution < -0.4 is 5.32 Å². The van der Waals surface area contributed by atoms with Gasteiger partial charge in [-0.25, -0.2) is 0 Å². The molecular formula is C11H21NO3. The van der Waals surface area contributed by atoms with Crippen LogP contribution in [0.3, 0.4) is 0 Å². The summed E-state index contributed by atoms with van der Waals surface area (Å²) in [6.07, 6.45) is 0. The number of carbonyl (C=O) groups excluding carboxylic acids is 2. The van der Waals surface area contributed by atoms with Crippen LogP contribution in [0.4, 0.5) is 0 Å². The predicted molar refractivity (Wildman–Crippen MR) is 58.5 cm³/mol. The van der Waals surface area contributed by atoms with Gasteiger partial charge in [0.25, 0.3) is 0 Å². The molecule has 0 rings (SSSR count). The molecule has 1 N–H and O–H groups in total. The molecule has 0 aromatic heterocycles. The van der Waals surface area contributed by atoms with Crippen LogP contribution in [-0.4, -0.2) is 31.4 Å². The molecule has 0 aromatic rings. The van der Waals surface area contributed by atoms with Crippen molar-refractivity contribution in [3.8, 4) is 0 Å². The van der Waals surface area contributed by atoms with Gasteiger partial charge in [0.05, 0.1) is 6.61 Å². The maximum absolute atomic E-state index is 11.1. The Balaban J connectivity index is 3.40. The third kappa shape index (κ3) is 7.08. The van der Waals surface area contributed by atoms with Crippen LogP contribution in [0.2, 0.25) is 0 Å². The lowest BCUT2D eigenvalue weighted by molar-refractivity contribution is -0.126. The summed E-state index contributed by atoms with van der Waals surface area (Å²) >= 11 is 0. The molecule has 0 heterocycles. The van der Waals surface area contributed by atoms with E-state index in [0.717, 1.165) is 0 Å². The molecule has 0 radical (unpaired) electrons. The minimum absolute atomic E-state index is 0.00814. The first-order chi connectivity index (χ1) is 6.95. The Labute approximate surface area is 91.4 Å². The van der Waals surface area contributed by atoms with Gasteiger partial charge in [-0.3, -0.25) is 9.59 Å². The molecule has 4 heteroatoms. The van der Waals surface area contributed by atoms with Crippen molar-refractivity contribution in [2.45, 2.75) is 27.7 Å². The second-order valence-corrected chi connectivity index (χ2v) is 4.12. The average molecular weight is 215 g/mol. The van der Waals surface area contributed by atoms with Gasteiger partial charge < -0.3 is 10.1 Å². The maximum Gasteiger partial charge on any atom is 0.222 e. The smallest absolute Gasteiger partial charge is 0.222 e. The number of ether oxygens (including phenoxy) is 1. The average Bonchev–Trinajstić information content (AvgIpc) is 2.16. The molecule has 1 amide bonds. The van der Waals surface area contributed by atoms with E-state index in [0.29, 0.717) is 13.2 Å². The first kappa shape index (κ1) is 14.1. The summed E-state index contributed by atoms with van der Waals surface area (Å²) in [6, 6.07) is 0. The Morgan fingerprint density at radius 2 is 1.73 bits per heavy atom. The van der Waals surface area contributed by atoms with Gasteiger partial charge in [0, 0.05) is 18.4 Å². The lowest BCUT2D eigenvalue weighted by Gasteiger charge is -2.08. The van der Waals surface area contributed by atoms with Crippen molar-refractivity contribution in [2.75, 3.05) is 19.8 Å². The van der Waals surface area contributed by atoms with Gasteiger partial charge in [-0.2, -0.15) is 0 Å². The highest BCUT2D eigenvalue weighted by atomic mass is 16.5. The fourth-order valence-corrected chi connectivity index (χ4v) is 0.790. The van der Waals surface area contributed by atoms with Gasteiger partial charge in [-0.05, 0) is 0 Å². The summed E-state index contributed by atoms with van der Waals surface area (Å²) in [5.41, 5.74) is 0. The molecule has 15 heavy (non-hydrogen) atoms. The Morgan fingerprint density at radius 3 is 2.20 bits per heavy atom. The van der Waals surface area contributed by atoms with E-state index < -0.39 is 0 Å². The molecule has 0 saturated heterocycles. The fourth-order valence-electron chi connectivity index (χ4n) is 0.790. The van der Waals surface area contributed by atoms with Crippen LogP contribution in [0.5, 0.6) is 0 Å². The van der Waals surface area contributed by atoms with E-state index in [1.54, 1.807) is 0 Å². The molecule has 0 atom stereocenters. The topological polar surface area (TPSA) is 55.4 Å². The highest BCUT2D eigenvalue weighted by Gasteiger charge is 2.07. The second kappa shape index (κ2) is 7.40. The van der Waals surface area contributed by atoms with Crippen molar-refractivity contribution in [3.63, 3.8) is 0 Å². The van der Waals surface area contributed by atoms with E-state index in [4.69, 9.17) is 4.74 Å². The molecule has 88 valence electrons. The maximum atomic E-state index is 11.1. The van der Waals surface area contributed by atoms with Crippen LogP contribution in [0.1, 0.15) is 27.7 Å². The zero-order chi connectivity index (χ0) is 11.8. The first-order valence-corrected chi connectivity index (χ1v) is 5.33. The number of carbonyl (C=O) groups is 2. The summed E-state index contributed by atoms with van der Waals surface area (Å²) in [6.45, 7) is 8.32. The van der Waals surface area contributed by atoms with Gasteiger partial charge in [-0.1, -0.05) is 27.7 Å². The van der Waals surface area contributed by atoms with E-state index in [-0.39, 0.29) is 30.1 Å². The third-order valence-electron chi connectivity index (χ3n) is 1.96. The summed E-state index contributed by atoms with van der Waals surface area (Å²) in [7, 11) is 0. The molecule has 0 saturated carbocycles. The minimum atomic E-state index is -0.0118. The van der Waals surface area contributed by atoms with E-state index in [1.165, 1.54) is 0 Å². The highest BCUT2D eigenvalue weighted by Crippen LogP contribution is 1.94. The molecule has 0 fully saturated rings. The SMILES string of the molecule is CC(C)C(=O)COCCNC(=O)C(C)C. The number of nitrogens with one attached hydrogen (secondary N) is 1. The quantitative estimate of drug-likeness (QED) is 0.645. The Morgan fingerprint density at radius 1 is 1.13 bits per heavy atom. The van der Waals surface area contributed by atoms with Crippen molar-refractivity contribution >= 4 is 11.7 Å². The Kier molecular flexibility index (Phi) is 6.96. The monoisotopic (exact) mass is 215 g/mol. The van der Waals surface area contributed by atoms with Gasteiger partial charge >= 0.3 is 0 Å². The molecule has 0 aliphatic heterocycles. The molecule has 4 nitrogen and oxygen atoms in total. The van der Waals surface area contributed by atoms with Crippen molar-refractivity contribution in [3.05, 3.63) is 0 Å². The standard InChI is InChI=1S/C11H21NO3/c1-8(2)10(13)7-15-6-5-12-11(14)9(3)4/h8-9H,5-7H2,1-4H3,(H,12,14). The summed E-state index contributed by atoms with van der Waals surface area (Å²) in [5, 5.41) is 2.71. The van der Waals surface area contributed by atoms with Crippen molar-refractivity contribution in [1.82, 2.24) is 5.32 Å². The minimum Gasteiger partial charge on any atom is -0.372 e. The fraction of sp³-hybridized carbons (Fsp3) is 0.818. The number of amides is 1. The zero-order valence-electron chi connectivity index (χ0n) is 10.0. The van der Waals surface area contributed by atoms with Crippen LogP contribution in [0.15, 0.2) is 0 Å². The molecule has 0 aliphatic rings. The number of Topliss-reactive ketones (excluding diaryl/α,β-unsaturated/α-hetero) is 1. The van der Waals surface area contributed by atoms with Gasteiger partial charge in [0.2, 0.25) is 5.91 Å². The van der Waals surface area contributed by atoms with Gasteiger partial charge in [0.1, 0.15) is 6.61 Å². The predicted octanol–water partition coefficient (Wildman–Crippen LogP) is 1.00. The van der Waals surface area contributed by atoms with E-state index >= 15 is 0 Å². The Hall–Kier alpha value is -0.900. The third-order valence-corrected chi connectivity index (χ3v) is 1.96. The van der Waals surface area contributed by atoms with Crippen LogP contribution in [0.25, 0.3) is 0 Å². The molecule has 0 aliphatic carbocycles. The number of hydrogen-bond donors (Lipinski definition) is 1. The Bertz CT molecular complexity index is 190. The van der Waals surface area contributed by atoms with Crippen molar-refractivity contribution in [2.24, 2.45) is 11.8 Å². The first-order valence-electron chi connectivity index (χ1n) is 5.33. The second-order valence-electron chi connectivity index (χ2n) is 4.12. The lowest BCUT2D eigenvalue weighted by Crippen LogP contribution is -2.31. The van der Waals surface area contributed by atoms with Crippen LogP contribution in [-0.2, 0) is 14.3 Å². The zero-order valence-corrected chi connectivity index (χ0v) is 10.0. The molecule has 0 spiro atoms. The van der Waals surface area contributed by atoms with Crippen LogP contribution >= 0.6 is 0 Å².